The van der Waals surface area contributed by atoms with Crippen molar-refractivity contribution in [3.8, 4) is 23.0 Å². The summed E-state index contributed by atoms with van der Waals surface area (Å²) < 4.78 is 82.9. The van der Waals surface area contributed by atoms with Crippen LogP contribution in [0.3, 0.4) is 0 Å². The van der Waals surface area contributed by atoms with Crippen LogP contribution in [0.2, 0.25) is 0 Å². The van der Waals surface area contributed by atoms with Gasteiger partial charge < -0.3 is 34.7 Å². The fraction of sp³-hybridized carbons (Fsp3) is 0.0588. The molecule has 8 aromatic rings. The van der Waals surface area contributed by atoms with Crippen LogP contribution >= 0.6 is 0 Å². The van der Waals surface area contributed by atoms with E-state index in [0.29, 0.717) is 49.6 Å². The number of amides is 3. The lowest BCUT2D eigenvalue weighted by molar-refractivity contribution is -0.275. The molecule has 0 saturated carbocycles. The zero-order chi connectivity index (χ0) is 52.4. The lowest BCUT2D eigenvalue weighted by atomic mass is 10.0. The number of alkyl halides is 6. The number of nitrogens with zero attached hydrogens (tertiary/aromatic N) is 5. The van der Waals surface area contributed by atoms with Gasteiger partial charge in [0.15, 0.2) is 5.78 Å². The fourth-order valence-corrected chi connectivity index (χ4v) is 6.96. The van der Waals surface area contributed by atoms with Crippen LogP contribution < -0.4 is 25.6 Å². The number of phenolic OH excluding ortho intramolecular Hbond substituents is 2. The fourth-order valence-electron chi connectivity index (χ4n) is 6.96. The number of nitrogens with one attached hydrogen (secondary N) is 3. The smallest absolute Gasteiger partial charge is 0.506 e. The number of aromatic hydroxyl groups is 2. The Morgan fingerprint density at radius 2 is 1.07 bits per heavy atom. The molecule has 0 bridgehead atoms. The number of imide groups is 1. The first kappa shape index (κ1) is 50.3. The van der Waals surface area contributed by atoms with Crippen molar-refractivity contribution >= 4 is 79.8 Å². The molecule has 0 aliphatic rings. The zero-order valence-electron chi connectivity index (χ0n) is 37.6. The number of carbonyl (C=O) groups is 3. The van der Waals surface area contributed by atoms with Gasteiger partial charge in [-0.15, -0.1) is 36.6 Å². The molecule has 17 nitrogen and oxygen atoms in total. The summed E-state index contributed by atoms with van der Waals surface area (Å²) in [5, 5.41) is 48.4. The maximum Gasteiger partial charge on any atom is 0.573 e. The average molecular weight is 1020 g/mol. The maximum absolute atomic E-state index is 13.4. The van der Waals surface area contributed by atoms with Crippen molar-refractivity contribution in [1.29, 1.82) is 0 Å². The van der Waals surface area contributed by atoms with Crippen molar-refractivity contribution in [3.05, 3.63) is 180 Å². The van der Waals surface area contributed by atoms with Crippen molar-refractivity contribution in [1.82, 2.24) is 5.32 Å². The second kappa shape index (κ2) is 21.9. The van der Waals surface area contributed by atoms with Gasteiger partial charge in [-0.05, 0) is 119 Å². The van der Waals surface area contributed by atoms with Crippen LogP contribution in [-0.2, 0) is 16.3 Å². The Labute approximate surface area is 413 Å². The van der Waals surface area contributed by atoms with Crippen molar-refractivity contribution in [2.45, 2.75) is 19.3 Å². The molecule has 0 aliphatic heterocycles. The molecule has 0 spiro atoms. The minimum absolute atomic E-state index is 0.0167. The molecule has 23 heteroatoms. The molecule has 5 N–H and O–H groups in total. The quantitative estimate of drug-likeness (QED) is 0.0154. The molecular formula is C51H34F6N8O9. The van der Waals surface area contributed by atoms with E-state index < -0.39 is 36.2 Å². The van der Waals surface area contributed by atoms with E-state index in [-0.39, 0.29) is 52.2 Å². The second-order valence-electron chi connectivity index (χ2n) is 15.4. The zero-order valence-corrected chi connectivity index (χ0v) is 37.6. The summed E-state index contributed by atoms with van der Waals surface area (Å²) in [5.41, 5.74) is 4.92. The van der Waals surface area contributed by atoms with Gasteiger partial charge in [-0.1, -0.05) is 47.6 Å². The summed E-state index contributed by atoms with van der Waals surface area (Å²) in [6.45, 7) is 0.0167. The van der Waals surface area contributed by atoms with E-state index in [1.54, 1.807) is 72.8 Å². The third kappa shape index (κ3) is 13.4. The van der Waals surface area contributed by atoms with Crippen LogP contribution in [0.5, 0.6) is 23.0 Å². The summed E-state index contributed by atoms with van der Waals surface area (Å²) in [4.78, 5) is 49.0. The number of oxime groups is 1. The molecule has 374 valence electrons. The van der Waals surface area contributed by atoms with Gasteiger partial charge >= 0.3 is 18.8 Å². The highest BCUT2D eigenvalue weighted by Gasteiger charge is 2.32. The third-order valence-corrected chi connectivity index (χ3v) is 10.3. The van der Waals surface area contributed by atoms with Gasteiger partial charge in [0, 0.05) is 45.3 Å². The average Bonchev–Trinajstić information content (AvgIpc) is 3.36. The largest absolute Gasteiger partial charge is 0.573 e. The Hall–Kier alpha value is -10.1. The van der Waals surface area contributed by atoms with E-state index in [1.165, 1.54) is 60.7 Å². The number of phenols is 2. The molecular weight excluding hydrogens is 983 g/mol. The number of azo groups is 2. The molecule has 0 fully saturated rings. The van der Waals surface area contributed by atoms with E-state index in [4.69, 9.17) is 9.68 Å². The summed E-state index contributed by atoms with van der Waals surface area (Å²) in [6.07, 6.45) is -8.87. The van der Waals surface area contributed by atoms with Crippen LogP contribution in [-0.4, -0.2) is 47.1 Å². The minimum Gasteiger partial charge on any atom is -0.506 e. The van der Waals surface area contributed by atoms with E-state index in [9.17, 15) is 50.9 Å². The van der Waals surface area contributed by atoms with Crippen molar-refractivity contribution in [2.75, 3.05) is 10.8 Å². The van der Waals surface area contributed by atoms with E-state index >= 15 is 0 Å². The Morgan fingerprint density at radius 1 is 0.554 bits per heavy atom. The number of benzene rings is 8. The Morgan fingerprint density at radius 3 is 1.64 bits per heavy atom. The van der Waals surface area contributed by atoms with Gasteiger partial charge in [-0.3, -0.25) is 14.9 Å². The highest BCUT2D eigenvalue weighted by Crippen LogP contribution is 2.38. The Kier molecular flexibility index (Phi) is 14.9. The highest BCUT2D eigenvalue weighted by molar-refractivity contribution is 6.10. The predicted molar refractivity (Wildman–Crippen MR) is 257 cm³/mol. The normalized spacial score (nSPS) is 11.8. The Balaban J connectivity index is 0.842. The number of ether oxygens (including phenoxy) is 2. The van der Waals surface area contributed by atoms with Gasteiger partial charge in [0.1, 0.15) is 41.0 Å². The molecule has 0 saturated heterocycles. The van der Waals surface area contributed by atoms with Crippen molar-refractivity contribution < 1.29 is 70.1 Å². The molecule has 0 aromatic heterocycles. The highest BCUT2D eigenvalue weighted by atomic mass is 19.4. The summed E-state index contributed by atoms with van der Waals surface area (Å²) in [6, 6.07) is 36.5. The van der Waals surface area contributed by atoms with Gasteiger partial charge in [0.05, 0.1) is 17.1 Å². The van der Waals surface area contributed by atoms with Crippen LogP contribution in [0.4, 0.5) is 65.3 Å². The third-order valence-electron chi connectivity index (χ3n) is 10.3. The summed E-state index contributed by atoms with van der Waals surface area (Å²) in [5.74, 6) is -2.49. The van der Waals surface area contributed by atoms with Crippen LogP contribution in [0.1, 0.15) is 31.8 Å². The van der Waals surface area contributed by atoms with Gasteiger partial charge in [0.25, 0.3) is 5.91 Å². The number of carbonyl (C=O) groups excluding carboxylic acids is 3. The molecule has 0 unspecified atom stereocenters. The monoisotopic (exact) mass is 1020 g/mol. The number of rotatable bonds is 16. The van der Waals surface area contributed by atoms with Crippen molar-refractivity contribution in [2.24, 2.45) is 25.6 Å². The number of urea groups is 1. The standard InChI is InChI=1S/C51H34F6N8O9/c52-50(53,54)73-39-5-1-3-37(25-39)59-49(70)60-48(69)34-12-20-42-33(24-34)14-22-44(67)46(42)64-62-36-17-10-31(11-18-36)47(68)30-8-15-35(16-9-30)61-63-45-41-19-7-29(23-32(41)13-21-43(45)66)27-71-58-28-72-65-38-4-2-6-40(26-38)74-51(55,56)57/h1-26,28,65-67H,27H2,(H2,59,60,69,70)/b58-28+,63-61?,64-62?. The van der Waals surface area contributed by atoms with E-state index in [2.05, 4.69) is 51.2 Å². The van der Waals surface area contributed by atoms with Crippen LogP contribution in [0.15, 0.2) is 183 Å². The first-order valence-corrected chi connectivity index (χ1v) is 21.4. The van der Waals surface area contributed by atoms with E-state index in [0.717, 1.165) is 30.7 Å². The first-order valence-electron chi connectivity index (χ1n) is 21.4. The molecule has 8 rings (SSSR count). The summed E-state index contributed by atoms with van der Waals surface area (Å²) >= 11 is 0. The number of anilines is 2. The second-order valence-corrected chi connectivity index (χ2v) is 15.4. The summed E-state index contributed by atoms with van der Waals surface area (Å²) in [7, 11) is 0. The lowest BCUT2D eigenvalue weighted by Crippen LogP contribution is -2.34. The number of hydrogen-bond acceptors (Lipinski definition) is 15. The van der Waals surface area contributed by atoms with Crippen molar-refractivity contribution in [3.63, 3.8) is 0 Å². The van der Waals surface area contributed by atoms with Crippen LogP contribution in [0.25, 0.3) is 21.5 Å². The molecule has 74 heavy (non-hydrogen) atoms. The number of fused-ring (bicyclic) bond motifs is 2. The number of hydrogen-bond donors (Lipinski definition) is 5. The number of halogens is 6. The van der Waals surface area contributed by atoms with E-state index in [1.807, 2.05) is 0 Å². The van der Waals surface area contributed by atoms with Gasteiger partial charge in [-0.2, -0.15) is 10.2 Å². The SMILES string of the molecule is O=C(NC(=O)c1ccc2c(N=Nc3ccc(C(=O)c4ccc(N=Nc5c(O)ccc6cc(CO/N=C/ONc7cccc(OC(F)(F)F)c7)ccc56)cc4)cc3)c(O)ccc2c1)Nc1cccc(OC(F)(F)F)c1. The first-order chi connectivity index (χ1) is 35.4. The predicted octanol–water partition coefficient (Wildman–Crippen LogP) is 13.7. The molecule has 0 radical (unpaired) electrons. The van der Waals surface area contributed by atoms with Crippen LogP contribution in [0, 0.1) is 0 Å². The maximum atomic E-state index is 13.4. The molecule has 0 atom stereocenters. The molecule has 3 amide bonds. The lowest BCUT2D eigenvalue weighted by Gasteiger charge is -2.11. The topological polar surface area (TPSA) is 226 Å². The Bertz CT molecular complexity index is 3480. The number of ketones is 1. The minimum atomic E-state index is -4.94. The van der Waals surface area contributed by atoms with Gasteiger partial charge in [-0.25, -0.2) is 10.3 Å². The van der Waals surface area contributed by atoms with Gasteiger partial charge in [0.2, 0.25) is 6.40 Å². The molecule has 0 heterocycles. The molecule has 8 aromatic carbocycles. The molecule has 0 aliphatic carbocycles.